The van der Waals surface area contributed by atoms with Crippen LogP contribution in [-0.2, 0) is 0 Å². The average molecular weight is 280 g/mol. The molecule has 2 rings (SSSR count). The Balaban J connectivity index is 1.57. The molecule has 2 atom stereocenters. The molecule has 2 heteroatoms. The highest BCUT2D eigenvalue weighted by Crippen LogP contribution is 2.26. The molecular weight excluding hydrogens is 244 g/mol. The molecule has 1 saturated heterocycles. The van der Waals surface area contributed by atoms with Crippen LogP contribution in [0.3, 0.4) is 0 Å². The van der Waals surface area contributed by atoms with Crippen molar-refractivity contribution in [2.45, 2.75) is 77.7 Å². The van der Waals surface area contributed by atoms with Gasteiger partial charge in [-0.3, -0.25) is 0 Å². The summed E-state index contributed by atoms with van der Waals surface area (Å²) in [5, 5.41) is 3.84. The van der Waals surface area contributed by atoms with Gasteiger partial charge in [0.2, 0.25) is 0 Å². The van der Waals surface area contributed by atoms with E-state index in [1.165, 1.54) is 84.0 Å². The van der Waals surface area contributed by atoms with Crippen molar-refractivity contribution in [3.63, 3.8) is 0 Å². The van der Waals surface area contributed by atoms with Crippen LogP contribution < -0.4 is 5.32 Å². The van der Waals surface area contributed by atoms with Crippen molar-refractivity contribution in [1.29, 1.82) is 0 Å². The Morgan fingerprint density at radius 2 is 1.80 bits per heavy atom. The maximum absolute atomic E-state index is 3.84. The summed E-state index contributed by atoms with van der Waals surface area (Å²) in [5.74, 6) is 1.98. The van der Waals surface area contributed by atoms with Gasteiger partial charge in [0.05, 0.1) is 0 Å². The highest BCUT2D eigenvalue weighted by molar-refractivity contribution is 4.76. The first-order valence-electron chi connectivity index (χ1n) is 9.23. The molecule has 0 bridgehead atoms. The van der Waals surface area contributed by atoms with Gasteiger partial charge in [-0.15, -0.1) is 0 Å². The first-order valence-corrected chi connectivity index (χ1v) is 9.23. The van der Waals surface area contributed by atoms with Crippen molar-refractivity contribution < 1.29 is 0 Å². The fraction of sp³-hybridized carbons (Fsp3) is 1.00. The molecule has 20 heavy (non-hydrogen) atoms. The summed E-state index contributed by atoms with van der Waals surface area (Å²) in [7, 11) is 0. The Morgan fingerprint density at radius 3 is 2.55 bits per heavy atom. The van der Waals surface area contributed by atoms with Crippen LogP contribution in [0.15, 0.2) is 0 Å². The van der Waals surface area contributed by atoms with Gasteiger partial charge in [-0.05, 0) is 57.0 Å². The maximum atomic E-state index is 3.84. The third-order valence-electron chi connectivity index (χ3n) is 5.52. The molecule has 1 aliphatic carbocycles. The average Bonchev–Trinajstić information content (AvgIpc) is 2.67. The van der Waals surface area contributed by atoms with Gasteiger partial charge < -0.3 is 10.2 Å². The zero-order valence-corrected chi connectivity index (χ0v) is 13.9. The van der Waals surface area contributed by atoms with Gasteiger partial charge in [0.25, 0.3) is 0 Å². The summed E-state index contributed by atoms with van der Waals surface area (Å²) in [6, 6.07) is 0.806. The first-order chi connectivity index (χ1) is 9.78. The standard InChI is InChI=1S/C18H36N2/c1-3-5-17-6-4-7-18(9-8-17)19-12-15-20-13-10-16(2)11-14-20/h16-19H,3-15H2,1-2H3. The molecular formula is C18H36N2. The number of nitrogens with zero attached hydrogens (tertiary/aromatic N) is 1. The lowest BCUT2D eigenvalue weighted by Crippen LogP contribution is -2.40. The summed E-state index contributed by atoms with van der Waals surface area (Å²) in [6.07, 6.45) is 12.9. The van der Waals surface area contributed by atoms with Crippen LogP contribution in [0.1, 0.15) is 71.6 Å². The molecule has 2 nitrogen and oxygen atoms in total. The number of nitrogens with one attached hydrogen (secondary N) is 1. The Morgan fingerprint density at radius 1 is 1.00 bits per heavy atom. The fourth-order valence-corrected chi connectivity index (χ4v) is 3.99. The topological polar surface area (TPSA) is 15.3 Å². The fourth-order valence-electron chi connectivity index (χ4n) is 3.99. The molecule has 1 N–H and O–H groups in total. The van der Waals surface area contributed by atoms with E-state index in [1.807, 2.05) is 0 Å². The molecule has 0 amide bonds. The van der Waals surface area contributed by atoms with E-state index in [-0.39, 0.29) is 0 Å². The van der Waals surface area contributed by atoms with Crippen molar-refractivity contribution in [3.05, 3.63) is 0 Å². The maximum Gasteiger partial charge on any atom is 0.0107 e. The molecule has 0 aromatic heterocycles. The lowest BCUT2D eigenvalue weighted by Gasteiger charge is -2.30. The lowest BCUT2D eigenvalue weighted by atomic mass is 9.95. The second-order valence-electron chi connectivity index (χ2n) is 7.34. The second kappa shape index (κ2) is 9.04. The molecule has 0 radical (unpaired) electrons. The third kappa shape index (κ3) is 5.73. The number of hydrogen-bond acceptors (Lipinski definition) is 2. The van der Waals surface area contributed by atoms with Crippen LogP contribution in [0.25, 0.3) is 0 Å². The summed E-state index contributed by atoms with van der Waals surface area (Å²) in [4.78, 5) is 2.66. The minimum absolute atomic E-state index is 0.806. The molecule has 2 fully saturated rings. The van der Waals surface area contributed by atoms with Gasteiger partial charge in [0, 0.05) is 19.1 Å². The van der Waals surface area contributed by atoms with Crippen LogP contribution in [0.5, 0.6) is 0 Å². The molecule has 0 aromatic rings. The van der Waals surface area contributed by atoms with Crippen molar-refractivity contribution in [3.8, 4) is 0 Å². The Labute approximate surface area is 126 Å². The predicted molar refractivity (Wildman–Crippen MR) is 88.1 cm³/mol. The zero-order valence-electron chi connectivity index (χ0n) is 13.9. The SMILES string of the molecule is CCCC1CCCC(NCCN2CCC(C)CC2)CC1. The van der Waals surface area contributed by atoms with Crippen LogP contribution in [0, 0.1) is 11.8 Å². The van der Waals surface area contributed by atoms with Crippen LogP contribution in [0.4, 0.5) is 0 Å². The molecule has 1 heterocycles. The minimum Gasteiger partial charge on any atom is -0.313 e. The van der Waals surface area contributed by atoms with E-state index in [0.29, 0.717) is 0 Å². The summed E-state index contributed by atoms with van der Waals surface area (Å²) >= 11 is 0. The van der Waals surface area contributed by atoms with E-state index in [9.17, 15) is 0 Å². The molecule has 118 valence electrons. The molecule has 0 aromatic carbocycles. The van der Waals surface area contributed by atoms with Gasteiger partial charge in [0.1, 0.15) is 0 Å². The Hall–Kier alpha value is -0.0800. The van der Waals surface area contributed by atoms with Crippen molar-refractivity contribution >= 4 is 0 Å². The second-order valence-corrected chi connectivity index (χ2v) is 7.34. The van der Waals surface area contributed by atoms with Crippen LogP contribution >= 0.6 is 0 Å². The van der Waals surface area contributed by atoms with E-state index < -0.39 is 0 Å². The summed E-state index contributed by atoms with van der Waals surface area (Å²) in [6.45, 7) is 9.85. The van der Waals surface area contributed by atoms with Crippen LogP contribution in [-0.4, -0.2) is 37.1 Å². The largest absolute Gasteiger partial charge is 0.313 e. The van der Waals surface area contributed by atoms with Gasteiger partial charge >= 0.3 is 0 Å². The highest BCUT2D eigenvalue weighted by atomic mass is 15.1. The normalized spacial score (nSPS) is 30.3. The van der Waals surface area contributed by atoms with Gasteiger partial charge in [-0.1, -0.05) is 39.5 Å². The quantitative estimate of drug-likeness (QED) is 0.738. The molecule has 1 saturated carbocycles. The monoisotopic (exact) mass is 280 g/mol. The van der Waals surface area contributed by atoms with Gasteiger partial charge in [0.15, 0.2) is 0 Å². The Kier molecular flexibility index (Phi) is 7.37. The highest BCUT2D eigenvalue weighted by Gasteiger charge is 2.19. The molecule has 2 unspecified atom stereocenters. The smallest absolute Gasteiger partial charge is 0.0107 e. The van der Waals surface area contributed by atoms with E-state index in [1.54, 1.807) is 0 Å². The number of piperidine rings is 1. The number of rotatable bonds is 6. The molecule has 1 aliphatic heterocycles. The van der Waals surface area contributed by atoms with E-state index in [2.05, 4.69) is 24.1 Å². The predicted octanol–water partition coefficient (Wildman–Crippen LogP) is 4.06. The summed E-state index contributed by atoms with van der Waals surface area (Å²) in [5.41, 5.74) is 0. The number of likely N-dealkylation sites (tertiary alicyclic amines) is 1. The summed E-state index contributed by atoms with van der Waals surface area (Å²) < 4.78 is 0. The van der Waals surface area contributed by atoms with Crippen LogP contribution in [0.2, 0.25) is 0 Å². The minimum atomic E-state index is 0.806. The lowest BCUT2D eigenvalue weighted by molar-refractivity contribution is 0.190. The van der Waals surface area contributed by atoms with E-state index in [4.69, 9.17) is 0 Å². The zero-order chi connectivity index (χ0) is 14.2. The van der Waals surface area contributed by atoms with E-state index in [0.717, 1.165) is 17.9 Å². The number of hydrogen-bond donors (Lipinski definition) is 1. The first kappa shape index (κ1) is 16.3. The molecule has 0 spiro atoms. The molecule has 2 aliphatic rings. The van der Waals surface area contributed by atoms with Crippen molar-refractivity contribution in [2.24, 2.45) is 11.8 Å². The van der Waals surface area contributed by atoms with Gasteiger partial charge in [-0.25, -0.2) is 0 Å². The Bertz CT molecular complexity index is 246. The van der Waals surface area contributed by atoms with E-state index >= 15 is 0 Å². The van der Waals surface area contributed by atoms with Crippen molar-refractivity contribution in [1.82, 2.24) is 10.2 Å². The van der Waals surface area contributed by atoms with Crippen molar-refractivity contribution in [2.75, 3.05) is 26.2 Å². The van der Waals surface area contributed by atoms with Gasteiger partial charge in [-0.2, -0.15) is 0 Å². The third-order valence-corrected chi connectivity index (χ3v) is 5.52.